The predicted molar refractivity (Wildman–Crippen MR) is 92.5 cm³/mol. The summed E-state index contributed by atoms with van der Waals surface area (Å²) in [5.41, 5.74) is -1.08. The van der Waals surface area contributed by atoms with Gasteiger partial charge in [0.25, 0.3) is 10.0 Å². The van der Waals surface area contributed by atoms with Crippen molar-refractivity contribution in [2.24, 2.45) is 0 Å². The van der Waals surface area contributed by atoms with Crippen molar-refractivity contribution < 1.29 is 8.42 Å². The molecule has 10 heteroatoms. The molecule has 0 unspecified atom stereocenters. The summed E-state index contributed by atoms with van der Waals surface area (Å²) in [5, 5.41) is 0.499. The molecule has 2 aromatic carbocycles. The van der Waals surface area contributed by atoms with Crippen LogP contribution in [0.15, 0.2) is 50.9 Å². The average molecular weight is 386 g/mol. The Balaban J connectivity index is 2.08. The molecule has 124 valence electrons. The molecule has 3 N–H and O–H groups in total. The van der Waals surface area contributed by atoms with Gasteiger partial charge >= 0.3 is 11.1 Å². The number of benzene rings is 2. The molecular weight excluding hydrogens is 377 g/mol. The molecule has 24 heavy (non-hydrogen) atoms. The second-order valence-corrected chi connectivity index (χ2v) is 7.37. The number of fused-ring (bicyclic) bond motifs is 1. The molecule has 0 atom stereocenters. The smallest absolute Gasteiger partial charge is 0.314 e. The molecule has 0 bridgehead atoms. The quantitative estimate of drug-likeness (QED) is 0.600. The number of sulfonamides is 1. The summed E-state index contributed by atoms with van der Waals surface area (Å²) in [6.07, 6.45) is 0. The van der Waals surface area contributed by atoms with Crippen molar-refractivity contribution in [2.75, 3.05) is 4.72 Å². The number of rotatable bonds is 3. The van der Waals surface area contributed by atoms with Gasteiger partial charge in [0.2, 0.25) is 0 Å². The molecule has 3 aromatic rings. The van der Waals surface area contributed by atoms with E-state index in [0.29, 0.717) is 10.5 Å². The summed E-state index contributed by atoms with van der Waals surface area (Å²) in [6.45, 7) is 0. The van der Waals surface area contributed by atoms with E-state index in [9.17, 15) is 18.0 Å². The Bertz CT molecular complexity index is 1170. The lowest BCUT2D eigenvalue weighted by Crippen LogP contribution is -2.29. The Morgan fingerprint density at radius 3 is 2.25 bits per heavy atom. The highest BCUT2D eigenvalue weighted by atomic mass is 35.5. The van der Waals surface area contributed by atoms with Gasteiger partial charge in [0.05, 0.1) is 26.6 Å². The largest absolute Gasteiger partial charge is 0.316 e. The van der Waals surface area contributed by atoms with E-state index < -0.39 is 21.1 Å². The number of aromatic nitrogens is 2. The van der Waals surface area contributed by atoms with E-state index >= 15 is 0 Å². The minimum atomic E-state index is -3.97. The summed E-state index contributed by atoms with van der Waals surface area (Å²) in [6, 6.07) is 8.26. The van der Waals surface area contributed by atoms with E-state index in [1.54, 1.807) is 0 Å². The third kappa shape index (κ3) is 3.16. The average Bonchev–Trinajstić information content (AvgIpc) is 2.51. The maximum absolute atomic E-state index is 12.5. The normalized spacial score (nSPS) is 11.6. The highest BCUT2D eigenvalue weighted by Gasteiger charge is 2.17. The summed E-state index contributed by atoms with van der Waals surface area (Å²) >= 11 is 11.8. The highest BCUT2D eigenvalue weighted by Crippen LogP contribution is 2.28. The molecule has 7 nitrogen and oxygen atoms in total. The van der Waals surface area contributed by atoms with Crippen LogP contribution in [0.4, 0.5) is 5.69 Å². The van der Waals surface area contributed by atoms with Crippen LogP contribution >= 0.6 is 23.2 Å². The fraction of sp³-hybridized carbons (Fsp3) is 0. The number of hydrogen-bond acceptors (Lipinski definition) is 4. The van der Waals surface area contributed by atoms with Crippen LogP contribution in [0.25, 0.3) is 11.0 Å². The minimum Gasteiger partial charge on any atom is -0.316 e. The number of H-pyrrole nitrogens is 2. The van der Waals surface area contributed by atoms with Crippen LogP contribution in [-0.2, 0) is 10.0 Å². The minimum absolute atomic E-state index is 0.117. The maximum atomic E-state index is 12.5. The Labute approximate surface area is 145 Å². The zero-order valence-corrected chi connectivity index (χ0v) is 14.1. The van der Waals surface area contributed by atoms with Gasteiger partial charge in [-0.3, -0.25) is 14.3 Å². The lowest BCUT2D eigenvalue weighted by molar-refractivity contribution is 0.601. The molecular formula is C14H9Cl2N3O4S. The summed E-state index contributed by atoms with van der Waals surface area (Å²) in [5.74, 6) is 0. The molecule has 0 radical (unpaired) electrons. The summed E-state index contributed by atoms with van der Waals surface area (Å²) < 4.78 is 27.3. The Morgan fingerprint density at radius 2 is 1.54 bits per heavy atom. The third-order valence-corrected chi connectivity index (χ3v) is 5.10. The summed E-state index contributed by atoms with van der Waals surface area (Å²) in [7, 11) is -3.97. The molecule has 0 aliphatic carbocycles. The van der Waals surface area contributed by atoms with Gasteiger partial charge in [0.15, 0.2) is 0 Å². The molecule has 1 aromatic heterocycles. The van der Waals surface area contributed by atoms with Crippen LogP contribution in [0.5, 0.6) is 0 Å². The van der Waals surface area contributed by atoms with Crippen LogP contribution < -0.4 is 15.8 Å². The van der Waals surface area contributed by atoms with E-state index in [1.165, 1.54) is 36.4 Å². The monoisotopic (exact) mass is 385 g/mol. The van der Waals surface area contributed by atoms with Crippen molar-refractivity contribution in [3.63, 3.8) is 0 Å². The Kier molecular flexibility index (Phi) is 4.12. The van der Waals surface area contributed by atoms with Gasteiger partial charge in [-0.2, -0.15) is 0 Å². The van der Waals surface area contributed by atoms with Gasteiger partial charge in [-0.1, -0.05) is 23.2 Å². The molecule has 3 rings (SSSR count). The lowest BCUT2D eigenvalue weighted by atomic mass is 10.3. The fourth-order valence-corrected chi connectivity index (χ4v) is 3.53. The van der Waals surface area contributed by atoms with Crippen LogP contribution in [0, 0.1) is 0 Å². The van der Waals surface area contributed by atoms with Crippen molar-refractivity contribution in [3.8, 4) is 0 Å². The van der Waals surface area contributed by atoms with Gasteiger partial charge in [0.1, 0.15) is 0 Å². The van der Waals surface area contributed by atoms with Crippen LogP contribution in [0.2, 0.25) is 10.0 Å². The molecule has 0 amide bonds. The first-order valence-corrected chi connectivity index (χ1v) is 8.74. The molecule has 0 fully saturated rings. The molecule has 0 spiro atoms. The lowest BCUT2D eigenvalue weighted by Gasteiger charge is -2.10. The zero-order valence-electron chi connectivity index (χ0n) is 11.8. The van der Waals surface area contributed by atoms with Gasteiger partial charge in [0, 0.05) is 5.02 Å². The first-order chi connectivity index (χ1) is 11.3. The predicted octanol–water partition coefficient (Wildman–Crippen LogP) is 2.32. The third-order valence-electron chi connectivity index (χ3n) is 3.18. The SMILES string of the molecule is O=c1[nH]c2ccc(S(=O)(=O)Nc3cc(Cl)ccc3Cl)cc2[nH]c1=O. The molecule has 0 saturated carbocycles. The molecule has 1 heterocycles. The topological polar surface area (TPSA) is 112 Å². The number of anilines is 1. The fourth-order valence-electron chi connectivity index (χ4n) is 2.04. The zero-order chi connectivity index (χ0) is 17.5. The van der Waals surface area contributed by atoms with E-state index in [4.69, 9.17) is 23.2 Å². The van der Waals surface area contributed by atoms with Gasteiger partial charge < -0.3 is 9.97 Å². The summed E-state index contributed by atoms with van der Waals surface area (Å²) in [4.78, 5) is 27.2. The number of hydrogen-bond donors (Lipinski definition) is 3. The van der Waals surface area contributed by atoms with Crippen molar-refractivity contribution in [1.82, 2.24) is 9.97 Å². The highest BCUT2D eigenvalue weighted by molar-refractivity contribution is 7.92. The van der Waals surface area contributed by atoms with Gasteiger partial charge in [-0.15, -0.1) is 0 Å². The van der Waals surface area contributed by atoms with Crippen LogP contribution in [0.3, 0.4) is 0 Å². The van der Waals surface area contributed by atoms with Crippen molar-refractivity contribution in [2.45, 2.75) is 4.90 Å². The van der Waals surface area contributed by atoms with Crippen molar-refractivity contribution >= 4 is 49.9 Å². The Morgan fingerprint density at radius 1 is 0.875 bits per heavy atom. The number of aromatic amines is 2. The molecule has 0 aliphatic heterocycles. The van der Waals surface area contributed by atoms with E-state index in [2.05, 4.69) is 14.7 Å². The second-order valence-electron chi connectivity index (χ2n) is 4.85. The standard InChI is InChI=1S/C14H9Cl2N3O4S/c15-7-1-3-9(16)11(5-7)19-24(22,23)8-2-4-10-12(6-8)18-14(21)13(20)17-10/h1-6,19H,(H,17,20)(H,18,21). The maximum Gasteiger partial charge on any atom is 0.314 e. The van der Waals surface area contributed by atoms with Gasteiger partial charge in [-0.25, -0.2) is 8.42 Å². The van der Waals surface area contributed by atoms with E-state index in [1.807, 2.05) is 0 Å². The molecule has 0 saturated heterocycles. The number of nitrogens with one attached hydrogen (secondary N) is 3. The second kappa shape index (κ2) is 5.97. The molecule has 0 aliphatic rings. The Hall–Kier alpha value is -2.29. The van der Waals surface area contributed by atoms with E-state index in [0.717, 1.165) is 0 Å². The van der Waals surface area contributed by atoms with Crippen LogP contribution in [-0.4, -0.2) is 18.4 Å². The van der Waals surface area contributed by atoms with Crippen molar-refractivity contribution in [1.29, 1.82) is 0 Å². The first kappa shape index (κ1) is 16.6. The first-order valence-electron chi connectivity index (χ1n) is 6.50. The van der Waals surface area contributed by atoms with Crippen molar-refractivity contribution in [3.05, 3.63) is 67.2 Å². The van der Waals surface area contributed by atoms with Crippen LogP contribution in [0.1, 0.15) is 0 Å². The van der Waals surface area contributed by atoms with Gasteiger partial charge in [-0.05, 0) is 36.4 Å². The van der Waals surface area contributed by atoms with E-state index in [-0.39, 0.29) is 21.1 Å². The number of halogens is 2.